The number of aliphatic hydroxyl groups is 2. The van der Waals surface area contributed by atoms with Gasteiger partial charge in [-0.1, -0.05) is 87.2 Å². The number of carbonyl (C=O) groups excluding carboxylic acids is 1. The van der Waals surface area contributed by atoms with E-state index in [2.05, 4.69) is 61.7 Å². The highest BCUT2D eigenvalue weighted by Gasteiger charge is 2.42. The second-order valence-electron chi connectivity index (χ2n) is 13.8. The van der Waals surface area contributed by atoms with E-state index in [0.29, 0.717) is 28.8 Å². The molecule has 2 N–H and O–H groups in total. The molecule has 3 fully saturated rings. The first kappa shape index (κ1) is 43.1. The number of hydrogen-bond donors (Lipinski definition) is 2. The third-order valence-corrected chi connectivity index (χ3v) is 10.1. The van der Waals surface area contributed by atoms with Crippen molar-refractivity contribution in [3.05, 3.63) is 46.2 Å². The Morgan fingerprint density at radius 1 is 0.977 bits per heavy atom. The molecule has 3 aliphatic rings. The first-order chi connectivity index (χ1) is 20.4. The van der Waals surface area contributed by atoms with E-state index in [-0.39, 0.29) is 11.1 Å². The summed E-state index contributed by atoms with van der Waals surface area (Å²) in [6.45, 7) is 18.0. The molecule has 0 bridgehead atoms. The lowest BCUT2D eigenvalue weighted by molar-refractivity contribution is -0.104. The molecular weight excluding hydrogens is 622 g/mol. The molecule has 0 unspecified atom stereocenters. The van der Waals surface area contributed by atoms with Gasteiger partial charge in [0, 0.05) is 20.8 Å². The molecule has 3 rings (SSSR count). The van der Waals surface area contributed by atoms with Crippen molar-refractivity contribution in [3.63, 3.8) is 0 Å². The van der Waals surface area contributed by atoms with Gasteiger partial charge in [-0.3, -0.25) is 13.8 Å². The Hall–Kier alpha value is -0.920. The average molecular weight is 682 g/mol. The van der Waals surface area contributed by atoms with Gasteiger partial charge in [-0.25, -0.2) is 4.57 Å². The SMILES string of the molecule is C=C(C)[C@@H]1CC[C@]1(C)CCO.CC1(C)CCC/C(=C/CO)C1.CC1(C)CCCC(=CC=O)C1.COP(=O)(OC)OC=C(Cl)Cl. The Bertz CT molecular complexity index is 1010. The maximum Gasteiger partial charge on any atom is 0.529 e. The average Bonchev–Trinajstić information content (AvgIpc) is 2.91. The highest BCUT2D eigenvalue weighted by molar-refractivity contribution is 7.48. The lowest BCUT2D eigenvalue weighted by atomic mass is 9.57. The summed E-state index contributed by atoms with van der Waals surface area (Å²) in [6, 6.07) is 0. The van der Waals surface area contributed by atoms with Crippen LogP contribution in [0.5, 0.6) is 0 Å². The molecule has 0 spiro atoms. The Morgan fingerprint density at radius 2 is 1.50 bits per heavy atom. The van der Waals surface area contributed by atoms with Crippen LogP contribution in [0.3, 0.4) is 0 Å². The minimum atomic E-state index is -3.48. The van der Waals surface area contributed by atoms with Crippen LogP contribution < -0.4 is 0 Å². The predicted molar refractivity (Wildman–Crippen MR) is 184 cm³/mol. The van der Waals surface area contributed by atoms with Crippen molar-refractivity contribution < 1.29 is 33.1 Å². The zero-order valence-electron chi connectivity index (χ0n) is 28.4. The summed E-state index contributed by atoms with van der Waals surface area (Å²) in [6.07, 6.45) is 18.7. The summed E-state index contributed by atoms with van der Waals surface area (Å²) in [5.41, 5.74) is 5.32. The van der Waals surface area contributed by atoms with E-state index in [1.165, 1.54) is 82.3 Å². The van der Waals surface area contributed by atoms with Gasteiger partial charge < -0.3 is 14.7 Å². The Labute approximate surface area is 277 Å². The fourth-order valence-electron chi connectivity index (χ4n) is 6.16. The molecule has 0 radical (unpaired) electrons. The summed E-state index contributed by atoms with van der Waals surface area (Å²) < 4.78 is 24.1. The van der Waals surface area contributed by atoms with Crippen LogP contribution in [0.4, 0.5) is 0 Å². The van der Waals surface area contributed by atoms with E-state index in [1.54, 1.807) is 6.08 Å². The number of allylic oxidation sites excluding steroid dienone is 4. The fraction of sp³-hybridized carbons (Fsp3) is 0.735. The summed E-state index contributed by atoms with van der Waals surface area (Å²) in [7, 11) is -1.12. The second-order valence-corrected chi connectivity index (χ2v) is 16.6. The van der Waals surface area contributed by atoms with E-state index in [9.17, 15) is 9.36 Å². The molecule has 0 amide bonds. The van der Waals surface area contributed by atoms with E-state index < -0.39 is 7.82 Å². The number of carbonyl (C=O) groups is 1. The number of aliphatic hydroxyl groups excluding tert-OH is 2. The van der Waals surface area contributed by atoms with Gasteiger partial charge in [0.15, 0.2) is 0 Å². The normalized spacial score (nSPS) is 25.4. The quantitative estimate of drug-likeness (QED) is 0.0821. The van der Waals surface area contributed by atoms with Gasteiger partial charge in [0.1, 0.15) is 17.0 Å². The fourth-order valence-corrected chi connectivity index (χ4v) is 6.92. The lowest BCUT2D eigenvalue weighted by Gasteiger charge is -2.47. The van der Waals surface area contributed by atoms with Gasteiger partial charge in [0.25, 0.3) is 0 Å². The van der Waals surface area contributed by atoms with Gasteiger partial charge in [0.05, 0.1) is 6.61 Å². The van der Waals surface area contributed by atoms with Crippen LogP contribution in [0, 0.1) is 22.2 Å². The van der Waals surface area contributed by atoms with Crippen LogP contribution >= 0.6 is 31.0 Å². The van der Waals surface area contributed by atoms with Gasteiger partial charge >= 0.3 is 7.82 Å². The van der Waals surface area contributed by atoms with Crippen LogP contribution in [0.15, 0.2) is 46.2 Å². The van der Waals surface area contributed by atoms with Crippen LogP contribution in [-0.2, 0) is 22.9 Å². The van der Waals surface area contributed by atoms with Crippen LogP contribution in [-0.4, -0.2) is 43.9 Å². The maximum atomic E-state index is 11.0. The van der Waals surface area contributed by atoms with E-state index in [0.717, 1.165) is 31.8 Å². The summed E-state index contributed by atoms with van der Waals surface area (Å²) >= 11 is 10.3. The predicted octanol–water partition coefficient (Wildman–Crippen LogP) is 10.3. The molecule has 0 aliphatic heterocycles. The second kappa shape index (κ2) is 21.1. The van der Waals surface area contributed by atoms with Crippen molar-refractivity contribution in [2.45, 2.75) is 112 Å². The lowest BCUT2D eigenvalue weighted by Crippen LogP contribution is -2.38. The van der Waals surface area contributed by atoms with Crippen LogP contribution in [0.25, 0.3) is 0 Å². The highest BCUT2D eigenvalue weighted by Crippen LogP contribution is 2.52. The first-order valence-electron chi connectivity index (χ1n) is 15.5. The van der Waals surface area contributed by atoms with E-state index >= 15 is 0 Å². The Kier molecular flexibility index (Phi) is 20.6. The number of hydrogen-bond acceptors (Lipinski definition) is 7. The minimum Gasteiger partial charge on any atom is -0.409 e. The van der Waals surface area contributed by atoms with Crippen molar-refractivity contribution in [1.82, 2.24) is 0 Å². The molecule has 10 heteroatoms. The highest BCUT2D eigenvalue weighted by atomic mass is 35.5. The van der Waals surface area contributed by atoms with Crippen molar-refractivity contribution in [2.75, 3.05) is 27.4 Å². The molecule has 7 nitrogen and oxygen atoms in total. The largest absolute Gasteiger partial charge is 0.529 e. The van der Waals surface area contributed by atoms with Gasteiger partial charge in [0.2, 0.25) is 0 Å². The molecule has 0 aromatic heterocycles. The van der Waals surface area contributed by atoms with Gasteiger partial charge in [-0.2, -0.15) is 0 Å². The molecule has 256 valence electrons. The molecule has 44 heavy (non-hydrogen) atoms. The maximum absolute atomic E-state index is 11.0. The van der Waals surface area contributed by atoms with E-state index in [1.807, 2.05) is 6.08 Å². The number of rotatable bonds is 9. The number of aldehydes is 1. The van der Waals surface area contributed by atoms with Crippen molar-refractivity contribution >= 4 is 37.3 Å². The monoisotopic (exact) mass is 680 g/mol. The Morgan fingerprint density at radius 3 is 1.86 bits per heavy atom. The topological polar surface area (TPSA) is 102 Å². The summed E-state index contributed by atoms with van der Waals surface area (Å²) in [5, 5.41) is 17.5. The third kappa shape index (κ3) is 17.7. The third-order valence-electron chi connectivity index (χ3n) is 8.64. The first-order valence-corrected chi connectivity index (χ1v) is 17.7. The molecule has 0 saturated heterocycles. The van der Waals surface area contributed by atoms with Gasteiger partial charge in [-0.05, 0) is 106 Å². The Balaban J connectivity index is 0.000000560. The molecule has 2 atom stereocenters. The summed E-state index contributed by atoms with van der Waals surface area (Å²) in [4.78, 5) is 10.2. The minimum absolute atomic E-state index is 0.167. The van der Waals surface area contributed by atoms with Crippen molar-refractivity contribution in [1.29, 1.82) is 0 Å². The number of halogens is 2. The van der Waals surface area contributed by atoms with Gasteiger partial charge in [-0.15, -0.1) is 0 Å². The van der Waals surface area contributed by atoms with E-state index in [4.69, 9.17) is 33.4 Å². The zero-order valence-corrected chi connectivity index (χ0v) is 30.8. The van der Waals surface area contributed by atoms with Crippen molar-refractivity contribution in [2.24, 2.45) is 22.2 Å². The molecular formula is C34H59Cl2O7P. The molecule has 3 saturated carbocycles. The molecule has 0 aromatic carbocycles. The molecule has 0 heterocycles. The van der Waals surface area contributed by atoms with Crippen LogP contribution in [0.1, 0.15) is 112 Å². The summed E-state index contributed by atoms with van der Waals surface area (Å²) in [5.74, 6) is 0.662. The molecule has 3 aliphatic carbocycles. The number of phosphoric acid groups is 1. The zero-order chi connectivity index (χ0) is 34.0. The van der Waals surface area contributed by atoms with Crippen molar-refractivity contribution in [3.8, 4) is 0 Å². The smallest absolute Gasteiger partial charge is 0.409 e. The molecule has 0 aromatic rings. The number of phosphoric ester groups is 1. The standard InChI is InChI=1S/2C10H18O.C10H16O.C4H7Cl2O4P/c1-8(2)9-4-5-10(9,3)6-7-11;2*1-10(2)6-3-4-9(8-10)5-7-11;1-8-11(7,9-2)10-3-4(5)6/h9,11H,1,4-7H2,2-3H3;5,11H,3-4,6-8H2,1-2H3;5,7H,3-4,6,8H2,1-2H3;3H,1-2H3/b;9-5-;;/t9-,10+;;;/m0.../s1. The van der Waals surface area contributed by atoms with Crippen LogP contribution in [0.2, 0.25) is 0 Å².